The third-order valence-corrected chi connectivity index (χ3v) is 4.21. The van der Waals surface area contributed by atoms with Gasteiger partial charge in [0.15, 0.2) is 5.84 Å². The fourth-order valence-corrected chi connectivity index (χ4v) is 2.05. The Hall–Kier alpha value is -1.99. The van der Waals surface area contributed by atoms with Gasteiger partial charge in [0.25, 0.3) is 0 Å². The standard InChI is InChI=1S/C17H22N2O2/c1-6-7-12-21-14-10-8-13(9-11-14)15-18-16(2,3)17(4,5)19(15)20/h8-11,20H,12H2,1-5H3. The van der Waals surface area contributed by atoms with Crippen LogP contribution in [0.3, 0.4) is 0 Å². The molecule has 0 bridgehead atoms. The molecule has 1 aliphatic heterocycles. The first-order valence-electron chi connectivity index (χ1n) is 7.01. The minimum absolute atomic E-state index is 0.358. The van der Waals surface area contributed by atoms with Gasteiger partial charge in [-0.25, -0.2) is 5.06 Å². The van der Waals surface area contributed by atoms with Gasteiger partial charge in [-0.2, -0.15) is 0 Å². The Morgan fingerprint density at radius 3 is 2.29 bits per heavy atom. The SMILES string of the molecule is CC#CCOc1ccc(C2=NC(C)(C)C(C)(C)N2O)cc1. The Labute approximate surface area is 126 Å². The molecule has 0 aliphatic carbocycles. The molecule has 1 aromatic rings. The van der Waals surface area contributed by atoms with Crippen molar-refractivity contribution in [1.82, 2.24) is 5.06 Å². The molecule has 1 N–H and O–H groups in total. The maximum Gasteiger partial charge on any atom is 0.156 e. The van der Waals surface area contributed by atoms with E-state index in [1.54, 1.807) is 6.92 Å². The maximum absolute atomic E-state index is 10.4. The predicted octanol–water partition coefficient (Wildman–Crippen LogP) is 3.10. The number of aliphatic imine (C=N–C) groups is 1. The summed E-state index contributed by atoms with van der Waals surface area (Å²) in [6, 6.07) is 7.52. The molecule has 2 rings (SSSR count). The third kappa shape index (κ3) is 2.74. The van der Waals surface area contributed by atoms with Crippen molar-refractivity contribution in [2.24, 2.45) is 4.99 Å². The average Bonchev–Trinajstić information content (AvgIpc) is 2.60. The van der Waals surface area contributed by atoms with Gasteiger partial charge in [0, 0.05) is 5.56 Å². The molecule has 0 fully saturated rings. The van der Waals surface area contributed by atoms with Crippen molar-refractivity contribution in [2.45, 2.75) is 45.7 Å². The summed E-state index contributed by atoms with van der Waals surface area (Å²) in [5.41, 5.74) is 0.0575. The first-order valence-corrected chi connectivity index (χ1v) is 7.01. The van der Waals surface area contributed by atoms with E-state index in [4.69, 9.17) is 4.74 Å². The summed E-state index contributed by atoms with van der Waals surface area (Å²) < 4.78 is 5.48. The second-order valence-electron chi connectivity index (χ2n) is 6.11. The lowest BCUT2D eigenvalue weighted by molar-refractivity contribution is -0.0992. The van der Waals surface area contributed by atoms with Gasteiger partial charge in [0.1, 0.15) is 12.4 Å². The number of benzene rings is 1. The lowest BCUT2D eigenvalue weighted by atomic mass is 9.84. The highest BCUT2D eigenvalue weighted by molar-refractivity contribution is 6.00. The lowest BCUT2D eigenvalue weighted by Crippen LogP contribution is -2.51. The minimum Gasteiger partial charge on any atom is -0.481 e. The van der Waals surface area contributed by atoms with E-state index >= 15 is 0 Å². The van der Waals surface area contributed by atoms with E-state index in [1.807, 2.05) is 52.0 Å². The molecule has 0 atom stereocenters. The van der Waals surface area contributed by atoms with Crippen LogP contribution >= 0.6 is 0 Å². The van der Waals surface area contributed by atoms with Gasteiger partial charge in [-0.15, -0.1) is 5.92 Å². The molecule has 0 aromatic heterocycles. The van der Waals surface area contributed by atoms with Crippen molar-refractivity contribution in [2.75, 3.05) is 6.61 Å². The number of amidine groups is 1. The van der Waals surface area contributed by atoms with Crippen LogP contribution in [0, 0.1) is 11.8 Å². The van der Waals surface area contributed by atoms with E-state index < -0.39 is 5.54 Å². The van der Waals surface area contributed by atoms with Crippen LogP contribution in [0.15, 0.2) is 29.3 Å². The van der Waals surface area contributed by atoms with Crippen LogP contribution in [0.1, 0.15) is 40.2 Å². The van der Waals surface area contributed by atoms with E-state index in [2.05, 4.69) is 16.8 Å². The monoisotopic (exact) mass is 286 g/mol. The van der Waals surface area contributed by atoms with Crippen molar-refractivity contribution in [3.63, 3.8) is 0 Å². The van der Waals surface area contributed by atoms with Crippen molar-refractivity contribution < 1.29 is 9.94 Å². The van der Waals surface area contributed by atoms with Gasteiger partial charge in [-0.3, -0.25) is 10.2 Å². The van der Waals surface area contributed by atoms with Gasteiger partial charge in [-0.1, -0.05) is 5.92 Å². The molecular weight excluding hydrogens is 264 g/mol. The van der Waals surface area contributed by atoms with E-state index in [1.165, 1.54) is 5.06 Å². The zero-order valence-corrected chi connectivity index (χ0v) is 13.3. The molecule has 112 valence electrons. The number of ether oxygens (including phenoxy) is 1. The van der Waals surface area contributed by atoms with E-state index in [-0.39, 0.29) is 5.54 Å². The highest BCUT2D eigenvalue weighted by Crippen LogP contribution is 2.37. The van der Waals surface area contributed by atoms with Crippen molar-refractivity contribution in [3.8, 4) is 17.6 Å². The fraction of sp³-hybridized carbons (Fsp3) is 0.471. The van der Waals surface area contributed by atoms with Crippen LogP contribution < -0.4 is 4.74 Å². The van der Waals surface area contributed by atoms with E-state index in [0.717, 1.165) is 11.3 Å². The van der Waals surface area contributed by atoms with Gasteiger partial charge in [0.2, 0.25) is 0 Å². The molecule has 1 heterocycles. The zero-order valence-electron chi connectivity index (χ0n) is 13.3. The fourth-order valence-electron chi connectivity index (χ4n) is 2.05. The highest BCUT2D eigenvalue weighted by atomic mass is 16.5. The Morgan fingerprint density at radius 1 is 1.19 bits per heavy atom. The molecule has 1 aliphatic rings. The first kappa shape index (κ1) is 15.4. The third-order valence-electron chi connectivity index (χ3n) is 4.21. The summed E-state index contributed by atoms with van der Waals surface area (Å²) in [5, 5.41) is 11.7. The minimum atomic E-state index is -0.450. The molecule has 0 saturated heterocycles. The number of hydroxylamine groups is 2. The van der Waals surface area contributed by atoms with Crippen molar-refractivity contribution in [1.29, 1.82) is 0 Å². The lowest BCUT2D eigenvalue weighted by Gasteiger charge is -2.36. The maximum atomic E-state index is 10.4. The van der Waals surface area contributed by atoms with Gasteiger partial charge in [-0.05, 0) is 58.9 Å². The second-order valence-corrected chi connectivity index (χ2v) is 6.11. The molecule has 1 aromatic carbocycles. The Balaban J connectivity index is 2.21. The van der Waals surface area contributed by atoms with E-state index in [9.17, 15) is 5.21 Å². The second kappa shape index (κ2) is 5.42. The largest absolute Gasteiger partial charge is 0.481 e. The zero-order chi connectivity index (χ0) is 15.7. The van der Waals surface area contributed by atoms with Crippen LogP contribution in [0.4, 0.5) is 0 Å². The number of hydrogen-bond donors (Lipinski definition) is 1. The molecule has 0 saturated carbocycles. The molecule has 0 unspecified atom stereocenters. The molecule has 4 heteroatoms. The summed E-state index contributed by atoms with van der Waals surface area (Å²) in [5.74, 6) is 6.98. The molecular formula is C17H22N2O2. The van der Waals surface area contributed by atoms with Crippen LogP contribution in [-0.2, 0) is 0 Å². The number of nitrogens with zero attached hydrogens (tertiary/aromatic N) is 2. The quantitative estimate of drug-likeness (QED) is 0.868. The molecule has 4 nitrogen and oxygen atoms in total. The Morgan fingerprint density at radius 2 is 1.81 bits per heavy atom. The number of rotatable bonds is 3. The first-order chi connectivity index (χ1) is 9.79. The van der Waals surface area contributed by atoms with Crippen molar-refractivity contribution >= 4 is 5.84 Å². The predicted molar refractivity (Wildman–Crippen MR) is 83.7 cm³/mol. The molecule has 21 heavy (non-hydrogen) atoms. The summed E-state index contributed by atoms with van der Waals surface area (Å²) >= 11 is 0. The van der Waals surface area contributed by atoms with Crippen LogP contribution in [0.25, 0.3) is 0 Å². The molecule has 0 radical (unpaired) electrons. The van der Waals surface area contributed by atoms with Crippen LogP contribution in [0.2, 0.25) is 0 Å². The normalized spacial score (nSPS) is 18.8. The summed E-state index contributed by atoms with van der Waals surface area (Å²) in [7, 11) is 0. The summed E-state index contributed by atoms with van der Waals surface area (Å²) in [4.78, 5) is 4.66. The van der Waals surface area contributed by atoms with Gasteiger partial charge < -0.3 is 4.74 Å². The van der Waals surface area contributed by atoms with Gasteiger partial charge >= 0.3 is 0 Å². The topological polar surface area (TPSA) is 45.1 Å². The van der Waals surface area contributed by atoms with Gasteiger partial charge in [0.05, 0.1) is 11.1 Å². The number of hydrogen-bond acceptors (Lipinski definition) is 4. The van der Waals surface area contributed by atoms with E-state index in [0.29, 0.717) is 12.4 Å². The summed E-state index contributed by atoms with van der Waals surface area (Å²) in [6.45, 7) is 10.1. The molecule has 0 amide bonds. The highest BCUT2D eigenvalue weighted by Gasteiger charge is 2.49. The Bertz CT molecular complexity index is 604. The van der Waals surface area contributed by atoms with Crippen LogP contribution in [-0.4, -0.2) is 33.8 Å². The average molecular weight is 286 g/mol. The van der Waals surface area contributed by atoms with Crippen molar-refractivity contribution in [3.05, 3.63) is 29.8 Å². The smallest absolute Gasteiger partial charge is 0.156 e. The van der Waals surface area contributed by atoms with Crippen LogP contribution in [0.5, 0.6) is 5.75 Å². The molecule has 0 spiro atoms. The summed E-state index contributed by atoms with van der Waals surface area (Å²) in [6.07, 6.45) is 0. The Kier molecular flexibility index (Phi) is 3.97.